The Bertz CT molecular complexity index is 812. The minimum absolute atomic E-state index is 0.0993. The van der Waals surface area contributed by atoms with E-state index in [1.165, 1.54) is 12.1 Å². The molecule has 0 aromatic heterocycles. The van der Waals surface area contributed by atoms with E-state index in [1.807, 2.05) is 24.3 Å². The van der Waals surface area contributed by atoms with E-state index in [4.69, 9.17) is 4.74 Å². The predicted octanol–water partition coefficient (Wildman–Crippen LogP) is 2.63. The van der Waals surface area contributed by atoms with Crippen molar-refractivity contribution in [2.45, 2.75) is 24.7 Å². The van der Waals surface area contributed by atoms with Crippen molar-refractivity contribution >= 4 is 5.91 Å². The highest BCUT2D eigenvalue weighted by Gasteiger charge is 2.39. The third kappa shape index (κ3) is 3.59. The second kappa shape index (κ2) is 7.74. The summed E-state index contributed by atoms with van der Waals surface area (Å²) in [6.07, 6.45) is -1.82. The largest absolute Gasteiger partial charge is 0.364 e. The summed E-state index contributed by atoms with van der Waals surface area (Å²) in [7, 11) is 0. The molecule has 2 aromatic carbocycles. The van der Waals surface area contributed by atoms with Crippen LogP contribution in [0.1, 0.15) is 22.7 Å². The highest BCUT2D eigenvalue weighted by molar-refractivity contribution is 5.83. The van der Waals surface area contributed by atoms with Crippen LogP contribution >= 0.6 is 0 Å². The monoisotopic (exact) mass is 372 g/mol. The number of alkyl halides is 1. The van der Waals surface area contributed by atoms with Crippen molar-refractivity contribution in [3.05, 3.63) is 71.0 Å². The third-order valence-corrected chi connectivity index (χ3v) is 5.24. The number of rotatable bonds is 2. The molecule has 4 rings (SSSR count). The van der Waals surface area contributed by atoms with Gasteiger partial charge in [0.25, 0.3) is 5.91 Å². The lowest BCUT2D eigenvalue weighted by molar-refractivity contribution is -0.149. The van der Waals surface area contributed by atoms with Crippen LogP contribution in [-0.4, -0.2) is 49.3 Å². The number of fused-ring (bicyclic) bond motifs is 1. The summed E-state index contributed by atoms with van der Waals surface area (Å²) >= 11 is 0. The molecule has 2 aromatic rings. The molecule has 0 spiro atoms. The Morgan fingerprint density at radius 3 is 2.74 bits per heavy atom. The molecular weight excluding hydrogens is 350 g/mol. The van der Waals surface area contributed by atoms with Gasteiger partial charge in [0.2, 0.25) is 0 Å². The van der Waals surface area contributed by atoms with Gasteiger partial charge < -0.3 is 15.0 Å². The summed E-state index contributed by atoms with van der Waals surface area (Å²) in [5, 5.41) is 2.94. The summed E-state index contributed by atoms with van der Waals surface area (Å²) in [4.78, 5) is 14.9. The number of nitrogens with zero attached hydrogens (tertiary/aromatic N) is 1. The molecule has 2 heterocycles. The van der Waals surface area contributed by atoms with Crippen molar-refractivity contribution in [2.24, 2.45) is 0 Å². The van der Waals surface area contributed by atoms with Crippen LogP contribution in [0.25, 0.3) is 0 Å². The van der Waals surface area contributed by atoms with E-state index in [9.17, 15) is 13.6 Å². The summed E-state index contributed by atoms with van der Waals surface area (Å²) in [5.41, 5.74) is 2.95. The standard InChI is InChI=1S/C21H22F2N2O2/c22-16-7-5-15(6-8-16)19-17-4-2-1-3-14(17)9-11-25(19)21(26)20-18(23)13-24-10-12-27-20/h1-8,18-20,24H,9-13H2/t18-,19-,20-/m0/s1. The smallest absolute Gasteiger partial charge is 0.255 e. The number of hydrogen-bond acceptors (Lipinski definition) is 3. The molecule has 2 aliphatic heterocycles. The van der Waals surface area contributed by atoms with Gasteiger partial charge in [0.1, 0.15) is 12.0 Å². The Morgan fingerprint density at radius 1 is 1.15 bits per heavy atom. The Labute approximate surface area is 157 Å². The molecule has 1 amide bonds. The summed E-state index contributed by atoms with van der Waals surface area (Å²) in [6.45, 7) is 1.39. The van der Waals surface area contributed by atoms with Crippen LogP contribution in [0.4, 0.5) is 8.78 Å². The molecule has 27 heavy (non-hydrogen) atoms. The van der Waals surface area contributed by atoms with Gasteiger partial charge in [0, 0.05) is 19.6 Å². The van der Waals surface area contributed by atoms with Crippen LogP contribution in [-0.2, 0) is 16.0 Å². The molecule has 0 bridgehead atoms. The van der Waals surface area contributed by atoms with E-state index in [0.717, 1.165) is 16.7 Å². The van der Waals surface area contributed by atoms with Crippen molar-refractivity contribution in [3.8, 4) is 0 Å². The Morgan fingerprint density at radius 2 is 1.93 bits per heavy atom. The lowest BCUT2D eigenvalue weighted by Crippen LogP contribution is -2.50. The van der Waals surface area contributed by atoms with Gasteiger partial charge in [-0.3, -0.25) is 4.79 Å². The number of hydrogen-bond donors (Lipinski definition) is 1. The first-order valence-electron chi connectivity index (χ1n) is 9.25. The molecule has 6 heteroatoms. The second-order valence-electron chi connectivity index (χ2n) is 6.95. The first-order chi connectivity index (χ1) is 13.1. The first-order valence-corrected chi connectivity index (χ1v) is 9.25. The zero-order valence-corrected chi connectivity index (χ0v) is 14.9. The molecule has 1 N–H and O–H groups in total. The Kier molecular flexibility index (Phi) is 5.18. The van der Waals surface area contributed by atoms with Crippen LogP contribution in [0, 0.1) is 5.82 Å². The van der Waals surface area contributed by atoms with Crippen molar-refractivity contribution in [3.63, 3.8) is 0 Å². The van der Waals surface area contributed by atoms with E-state index in [0.29, 0.717) is 26.1 Å². The van der Waals surface area contributed by atoms with Gasteiger partial charge in [-0.2, -0.15) is 0 Å². The van der Waals surface area contributed by atoms with Gasteiger partial charge >= 0.3 is 0 Å². The number of amides is 1. The molecule has 0 aliphatic carbocycles. The average Bonchev–Trinajstić information content (AvgIpc) is 2.91. The van der Waals surface area contributed by atoms with Crippen LogP contribution < -0.4 is 5.32 Å². The fraction of sp³-hybridized carbons (Fsp3) is 0.381. The lowest BCUT2D eigenvalue weighted by Gasteiger charge is -2.39. The highest BCUT2D eigenvalue weighted by Crippen LogP contribution is 2.36. The number of benzene rings is 2. The third-order valence-electron chi connectivity index (χ3n) is 5.24. The van der Waals surface area contributed by atoms with Crippen molar-refractivity contribution in [2.75, 3.05) is 26.2 Å². The molecule has 1 saturated heterocycles. The topological polar surface area (TPSA) is 41.6 Å². The first kappa shape index (κ1) is 18.1. The summed E-state index contributed by atoms with van der Waals surface area (Å²) in [5.74, 6) is -0.683. The van der Waals surface area contributed by atoms with E-state index in [2.05, 4.69) is 5.32 Å². The van der Waals surface area contributed by atoms with Crippen molar-refractivity contribution in [1.82, 2.24) is 10.2 Å². The van der Waals surface area contributed by atoms with Crippen LogP contribution in [0.2, 0.25) is 0 Å². The van der Waals surface area contributed by atoms with E-state index in [1.54, 1.807) is 17.0 Å². The van der Waals surface area contributed by atoms with Gasteiger partial charge in [0.05, 0.1) is 12.6 Å². The average molecular weight is 372 g/mol. The van der Waals surface area contributed by atoms with Gasteiger partial charge in [-0.25, -0.2) is 8.78 Å². The maximum Gasteiger partial charge on any atom is 0.255 e. The number of halogens is 2. The minimum Gasteiger partial charge on any atom is -0.364 e. The molecule has 2 aliphatic rings. The van der Waals surface area contributed by atoms with Crippen LogP contribution in [0.15, 0.2) is 48.5 Å². The molecule has 1 fully saturated rings. The second-order valence-corrected chi connectivity index (χ2v) is 6.95. The highest BCUT2D eigenvalue weighted by atomic mass is 19.1. The molecular formula is C21H22F2N2O2. The molecule has 142 valence electrons. The molecule has 0 radical (unpaired) electrons. The zero-order valence-electron chi connectivity index (χ0n) is 14.9. The molecule has 3 atom stereocenters. The lowest BCUT2D eigenvalue weighted by atomic mass is 9.87. The predicted molar refractivity (Wildman–Crippen MR) is 97.6 cm³/mol. The van der Waals surface area contributed by atoms with E-state index < -0.39 is 12.3 Å². The molecule has 4 nitrogen and oxygen atoms in total. The number of ether oxygens (including phenoxy) is 1. The maximum absolute atomic E-state index is 14.5. The quantitative estimate of drug-likeness (QED) is 0.881. The Balaban J connectivity index is 1.72. The van der Waals surface area contributed by atoms with Crippen molar-refractivity contribution < 1.29 is 18.3 Å². The van der Waals surface area contributed by atoms with Gasteiger partial charge in [-0.05, 0) is 35.2 Å². The van der Waals surface area contributed by atoms with E-state index in [-0.39, 0.29) is 24.3 Å². The SMILES string of the molecule is O=C([C@H]1OCCNC[C@@H]1F)N1CCc2ccccc2[C@@H]1c1ccc(F)cc1. The summed E-state index contributed by atoms with van der Waals surface area (Å²) < 4.78 is 33.5. The van der Waals surface area contributed by atoms with Gasteiger partial charge in [-0.15, -0.1) is 0 Å². The van der Waals surface area contributed by atoms with E-state index >= 15 is 0 Å². The molecule has 0 unspecified atom stereocenters. The van der Waals surface area contributed by atoms with Crippen molar-refractivity contribution in [1.29, 1.82) is 0 Å². The van der Waals surface area contributed by atoms with Gasteiger partial charge in [0.15, 0.2) is 6.10 Å². The van der Waals surface area contributed by atoms with Crippen LogP contribution in [0.5, 0.6) is 0 Å². The van der Waals surface area contributed by atoms with Crippen LogP contribution in [0.3, 0.4) is 0 Å². The zero-order chi connectivity index (χ0) is 18.8. The fourth-order valence-electron chi connectivity index (χ4n) is 3.91. The fourth-order valence-corrected chi connectivity index (χ4v) is 3.91. The number of carbonyl (C=O) groups excluding carboxylic acids is 1. The number of nitrogens with one attached hydrogen (secondary N) is 1. The normalized spacial score (nSPS) is 25.6. The molecule has 0 saturated carbocycles. The minimum atomic E-state index is -1.40. The Hall–Kier alpha value is -2.31. The number of carbonyl (C=O) groups is 1. The maximum atomic E-state index is 14.5. The van der Waals surface area contributed by atoms with Gasteiger partial charge in [-0.1, -0.05) is 36.4 Å². The summed E-state index contributed by atoms with van der Waals surface area (Å²) in [6, 6.07) is 13.7.